The van der Waals surface area contributed by atoms with Crippen LogP contribution in [-0.2, 0) is 11.2 Å². The van der Waals surface area contributed by atoms with Gasteiger partial charge in [-0.3, -0.25) is 4.79 Å². The lowest BCUT2D eigenvalue weighted by molar-refractivity contribution is -0.122. The van der Waals surface area contributed by atoms with Gasteiger partial charge in [-0.15, -0.1) is 0 Å². The van der Waals surface area contributed by atoms with E-state index >= 15 is 0 Å². The summed E-state index contributed by atoms with van der Waals surface area (Å²) in [5.41, 5.74) is 2.04. The number of carbonyl (C=O) groups excluding carboxylic acids is 1. The molecule has 0 fully saturated rings. The number of amides is 1. The van der Waals surface area contributed by atoms with Crippen LogP contribution in [0.15, 0.2) is 48.5 Å². The van der Waals surface area contributed by atoms with Crippen molar-refractivity contribution in [1.82, 2.24) is 0 Å². The lowest BCUT2D eigenvalue weighted by Gasteiger charge is -2.17. The van der Waals surface area contributed by atoms with Gasteiger partial charge in [-0.1, -0.05) is 26.0 Å². The molecule has 2 aromatic carbocycles. The fourth-order valence-electron chi connectivity index (χ4n) is 2.05. The number of carbonyl (C=O) groups is 1. The highest BCUT2D eigenvalue weighted by Crippen LogP contribution is 2.17. The van der Waals surface area contributed by atoms with Gasteiger partial charge in [-0.2, -0.15) is 0 Å². The van der Waals surface area contributed by atoms with Crippen LogP contribution >= 0.6 is 22.6 Å². The first-order chi connectivity index (χ1) is 10.6. The molecule has 1 N–H and O–H groups in total. The van der Waals surface area contributed by atoms with E-state index in [-0.39, 0.29) is 5.91 Å². The summed E-state index contributed by atoms with van der Waals surface area (Å²) < 4.78 is 6.94. The number of rotatable bonds is 6. The summed E-state index contributed by atoms with van der Waals surface area (Å²) in [5.74, 6) is 0.602. The van der Waals surface area contributed by atoms with Gasteiger partial charge in [-0.05, 0) is 77.4 Å². The van der Waals surface area contributed by atoms with E-state index in [4.69, 9.17) is 4.74 Å². The van der Waals surface area contributed by atoms with Crippen LogP contribution < -0.4 is 10.1 Å². The number of hydrogen-bond acceptors (Lipinski definition) is 2. The molecule has 0 saturated carbocycles. The maximum absolute atomic E-state index is 12.3. The largest absolute Gasteiger partial charge is 0.481 e. The van der Waals surface area contributed by atoms with Crippen molar-refractivity contribution in [3.63, 3.8) is 0 Å². The molecule has 0 aliphatic rings. The second-order valence-corrected chi connectivity index (χ2v) is 6.25. The zero-order chi connectivity index (χ0) is 15.9. The van der Waals surface area contributed by atoms with Crippen LogP contribution in [0.4, 0.5) is 5.69 Å². The normalized spacial score (nSPS) is 11.8. The van der Waals surface area contributed by atoms with E-state index in [9.17, 15) is 4.79 Å². The molecule has 0 aliphatic heterocycles. The van der Waals surface area contributed by atoms with Crippen molar-refractivity contribution in [2.75, 3.05) is 5.32 Å². The Kier molecular flexibility index (Phi) is 6.24. The molecule has 1 amide bonds. The molecule has 0 radical (unpaired) electrons. The molecule has 3 nitrogen and oxygen atoms in total. The summed E-state index contributed by atoms with van der Waals surface area (Å²) in [6, 6.07) is 15.6. The van der Waals surface area contributed by atoms with E-state index in [0.717, 1.165) is 21.4 Å². The molecule has 116 valence electrons. The second-order valence-electron chi connectivity index (χ2n) is 5.01. The smallest absolute Gasteiger partial charge is 0.265 e. The highest BCUT2D eigenvalue weighted by molar-refractivity contribution is 14.1. The third-order valence-electron chi connectivity index (χ3n) is 3.38. The Balaban J connectivity index is 2.00. The maximum atomic E-state index is 12.3. The Bertz CT molecular complexity index is 608. The van der Waals surface area contributed by atoms with Gasteiger partial charge in [0.2, 0.25) is 0 Å². The average Bonchev–Trinajstić information content (AvgIpc) is 2.55. The second kappa shape index (κ2) is 8.17. The molecule has 2 rings (SSSR count). The minimum atomic E-state index is -0.494. The lowest BCUT2D eigenvalue weighted by Crippen LogP contribution is -2.32. The molecular weight excluding hydrogens is 389 g/mol. The predicted octanol–water partition coefficient (Wildman–Crippen LogP) is 4.65. The van der Waals surface area contributed by atoms with Gasteiger partial charge in [0.1, 0.15) is 5.75 Å². The number of anilines is 1. The summed E-state index contributed by atoms with van der Waals surface area (Å²) in [4.78, 5) is 12.3. The summed E-state index contributed by atoms with van der Waals surface area (Å²) in [7, 11) is 0. The van der Waals surface area contributed by atoms with Crippen molar-refractivity contribution in [1.29, 1.82) is 0 Å². The fraction of sp³-hybridized carbons (Fsp3) is 0.278. The molecule has 0 heterocycles. The van der Waals surface area contributed by atoms with Crippen LogP contribution in [-0.4, -0.2) is 12.0 Å². The molecule has 2 aromatic rings. The maximum Gasteiger partial charge on any atom is 0.265 e. The van der Waals surface area contributed by atoms with E-state index < -0.39 is 6.10 Å². The van der Waals surface area contributed by atoms with Crippen LogP contribution in [0.1, 0.15) is 25.8 Å². The lowest BCUT2D eigenvalue weighted by atomic mass is 10.1. The van der Waals surface area contributed by atoms with Crippen molar-refractivity contribution in [3.8, 4) is 5.75 Å². The molecule has 0 spiro atoms. The van der Waals surface area contributed by atoms with Gasteiger partial charge < -0.3 is 10.1 Å². The monoisotopic (exact) mass is 409 g/mol. The standard InChI is InChI=1S/C18H20INO2/c1-3-13-5-11-16(12-6-13)22-17(4-2)18(21)20-15-9-7-14(19)8-10-15/h5-12,17H,3-4H2,1-2H3,(H,20,21). The van der Waals surface area contributed by atoms with Crippen LogP contribution in [0.5, 0.6) is 5.75 Å². The fourth-order valence-corrected chi connectivity index (χ4v) is 2.41. The minimum absolute atomic E-state index is 0.122. The van der Waals surface area contributed by atoms with E-state index in [0.29, 0.717) is 6.42 Å². The topological polar surface area (TPSA) is 38.3 Å². The van der Waals surface area contributed by atoms with Crippen molar-refractivity contribution >= 4 is 34.2 Å². The molecule has 0 aliphatic carbocycles. The van der Waals surface area contributed by atoms with Crippen molar-refractivity contribution in [2.24, 2.45) is 0 Å². The third kappa shape index (κ3) is 4.73. The van der Waals surface area contributed by atoms with Crippen molar-refractivity contribution < 1.29 is 9.53 Å². The predicted molar refractivity (Wildman–Crippen MR) is 98.3 cm³/mol. The molecule has 4 heteroatoms. The van der Waals surface area contributed by atoms with E-state index in [1.165, 1.54) is 5.56 Å². The number of benzene rings is 2. The highest BCUT2D eigenvalue weighted by atomic mass is 127. The molecule has 0 aromatic heterocycles. The number of ether oxygens (including phenoxy) is 1. The van der Waals surface area contributed by atoms with Crippen LogP contribution in [0, 0.1) is 3.57 Å². The Morgan fingerprint density at radius 1 is 1.09 bits per heavy atom. The average molecular weight is 409 g/mol. The number of nitrogens with one attached hydrogen (secondary N) is 1. The third-order valence-corrected chi connectivity index (χ3v) is 4.10. The molecule has 1 unspecified atom stereocenters. The van der Waals surface area contributed by atoms with Gasteiger partial charge in [0.05, 0.1) is 0 Å². The van der Waals surface area contributed by atoms with Crippen LogP contribution in [0.25, 0.3) is 0 Å². The summed E-state index contributed by atoms with van der Waals surface area (Å²) >= 11 is 2.23. The Labute approximate surface area is 145 Å². The quantitative estimate of drug-likeness (QED) is 0.706. The van der Waals surface area contributed by atoms with Crippen LogP contribution in [0.2, 0.25) is 0 Å². The van der Waals surface area contributed by atoms with E-state index in [1.807, 2.05) is 55.5 Å². The molecule has 22 heavy (non-hydrogen) atoms. The van der Waals surface area contributed by atoms with Gasteiger partial charge in [0, 0.05) is 9.26 Å². The minimum Gasteiger partial charge on any atom is -0.481 e. The molecule has 1 atom stereocenters. The molecule has 0 bridgehead atoms. The summed E-state index contributed by atoms with van der Waals surface area (Å²) in [6.45, 7) is 4.05. The molecular formula is C18H20INO2. The Morgan fingerprint density at radius 3 is 2.27 bits per heavy atom. The van der Waals surface area contributed by atoms with Gasteiger partial charge in [0.15, 0.2) is 6.10 Å². The highest BCUT2D eigenvalue weighted by Gasteiger charge is 2.18. The first-order valence-corrected chi connectivity index (χ1v) is 8.52. The number of halogens is 1. The first kappa shape index (κ1) is 16.8. The number of hydrogen-bond donors (Lipinski definition) is 1. The summed E-state index contributed by atoms with van der Waals surface area (Å²) in [5, 5.41) is 2.90. The van der Waals surface area contributed by atoms with Crippen LogP contribution in [0.3, 0.4) is 0 Å². The van der Waals surface area contributed by atoms with Crippen molar-refractivity contribution in [3.05, 3.63) is 57.7 Å². The molecule has 0 saturated heterocycles. The Morgan fingerprint density at radius 2 is 1.73 bits per heavy atom. The van der Waals surface area contributed by atoms with Gasteiger partial charge in [0.25, 0.3) is 5.91 Å². The summed E-state index contributed by atoms with van der Waals surface area (Å²) in [6.07, 6.45) is 1.11. The zero-order valence-corrected chi connectivity index (χ0v) is 15.0. The first-order valence-electron chi connectivity index (χ1n) is 7.44. The number of aryl methyl sites for hydroxylation is 1. The van der Waals surface area contributed by atoms with Crippen molar-refractivity contribution in [2.45, 2.75) is 32.8 Å². The van der Waals surface area contributed by atoms with Gasteiger partial charge >= 0.3 is 0 Å². The zero-order valence-electron chi connectivity index (χ0n) is 12.8. The van der Waals surface area contributed by atoms with E-state index in [1.54, 1.807) is 0 Å². The SMILES string of the molecule is CCc1ccc(OC(CC)C(=O)Nc2ccc(I)cc2)cc1. The van der Waals surface area contributed by atoms with E-state index in [2.05, 4.69) is 34.8 Å². The Hall–Kier alpha value is -1.56. The van der Waals surface area contributed by atoms with Gasteiger partial charge in [-0.25, -0.2) is 0 Å².